The predicted molar refractivity (Wildman–Crippen MR) is 82.9 cm³/mol. The van der Waals surface area contributed by atoms with Crippen molar-refractivity contribution in [3.05, 3.63) is 35.9 Å². The number of rotatable bonds is 3. The maximum atomic E-state index is 12.3. The van der Waals surface area contributed by atoms with Crippen LogP contribution in [0.4, 0.5) is 0 Å². The van der Waals surface area contributed by atoms with Gasteiger partial charge in [-0.05, 0) is 25.8 Å². The maximum Gasteiger partial charge on any atom is 0.253 e. The van der Waals surface area contributed by atoms with E-state index in [-0.39, 0.29) is 5.91 Å². The second-order valence-electron chi connectivity index (χ2n) is 5.93. The molecule has 1 aromatic rings. The molecule has 0 aliphatic carbocycles. The third-order valence-corrected chi connectivity index (χ3v) is 4.31. The van der Waals surface area contributed by atoms with E-state index in [9.17, 15) is 4.79 Å². The van der Waals surface area contributed by atoms with Crippen molar-refractivity contribution in [3.63, 3.8) is 0 Å². The van der Waals surface area contributed by atoms with Gasteiger partial charge in [-0.15, -0.1) is 0 Å². The molecule has 0 aromatic heterocycles. The fraction of sp³-hybridized carbons (Fsp3) is 0.500. The van der Waals surface area contributed by atoms with Gasteiger partial charge in [-0.1, -0.05) is 30.3 Å². The quantitative estimate of drug-likeness (QED) is 0.875. The van der Waals surface area contributed by atoms with Gasteiger partial charge in [0.05, 0.1) is 0 Å². The van der Waals surface area contributed by atoms with Crippen LogP contribution >= 0.6 is 0 Å². The van der Waals surface area contributed by atoms with Crippen molar-refractivity contribution in [2.45, 2.75) is 38.4 Å². The zero-order valence-electron chi connectivity index (χ0n) is 12.6. The number of guanidine groups is 1. The molecule has 2 atom stereocenters. The van der Waals surface area contributed by atoms with Crippen LogP contribution < -0.4 is 10.6 Å². The van der Waals surface area contributed by atoms with Gasteiger partial charge >= 0.3 is 0 Å². The molecule has 1 spiro atoms. The summed E-state index contributed by atoms with van der Waals surface area (Å²) in [5, 5.41) is 6.18. The molecule has 21 heavy (non-hydrogen) atoms. The molecule has 3 rings (SSSR count). The molecular formula is C16H22N4O. The Bertz CT molecular complexity index is 557. The average molecular weight is 286 g/mol. The van der Waals surface area contributed by atoms with Crippen LogP contribution in [0.5, 0.6) is 0 Å². The lowest BCUT2D eigenvalue weighted by Crippen LogP contribution is -2.49. The van der Waals surface area contributed by atoms with Gasteiger partial charge in [0.25, 0.3) is 5.91 Å². The molecule has 2 aliphatic rings. The number of carbonyl (C=O) groups is 1. The lowest BCUT2D eigenvalue weighted by molar-refractivity contribution is -0.123. The fourth-order valence-electron chi connectivity index (χ4n) is 3.26. The third-order valence-electron chi connectivity index (χ3n) is 4.31. The van der Waals surface area contributed by atoms with E-state index in [1.165, 1.54) is 5.56 Å². The Morgan fingerprint density at radius 2 is 2.14 bits per heavy atom. The van der Waals surface area contributed by atoms with Crippen LogP contribution in [0.15, 0.2) is 35.3 Å². The second-order valence-corrected chi connectivity index (χ2v) is 5.93. The van der Waals surface area contributed by atoms with Gasteiger partial charge in [-0.3, -0.25) is 20.0 Å². The molecule has 2 fully saturated rings. The van der Waals surface area contributed by atoms with E-state index in [0.29, 0.717) is 18.5 Å². The van der Waals surface area contributed by atoms with Gasteiger partial charge in [0.1, 0.15) is 5.54 Å². The minimum atomic E-state index is -0.512. The van der Waals surface area contributed by atoms with Crippen LogP contribution in [0, 0.1) is 0 Å². The van der Waals surface area contributed by atoms with Gasteiger partial charge in [0.15, 0.2) is 5.96 Å². The lowest BCUT2D eigenvalue weighted by Gasteiger charge is -2.22. The number of nitrogens with one attached hydrogen (secondary N) is 2. The molecule has 1 aromatic carbocycles. The Balaban J connectivity index is 1.74. The summed E-state index contributed by atoms with van der Waals surface area (Å²) in [7, 11) is 0. The van der Waals surface area contributed by atoms with Crippen molar-refractivity contribution >= 4 is 11.9 Å². The Hall–Kier alpha value is -1.88. The minimum absolute atomic E-state index is 0.0529. The highest BCUT2D eigenvalue weighted by molar-refractivity contribution is 6.09. The first kappa shape index (κ1) is 14.1. The van der Waals surface area contributed by atoms with Gasteiger partial charge in [0.2, 0.25) is 0 Å². The van der Waals surface area contributed by atoms with E-state index in [4.69, 9.17) is 0 Å². The molecule has 1 amide bonds. The SMILES string of the molecule is CCN=C1NC(=O)C2(CC(C)N(Cc3ccccc3)C2)N1. The first-order valence-corrected chi connectivity index (χ1v) is 7.55. The fourth-order valence-corrected chi connectivity index (χ4v) is 3.26. The third kappa shape index (κ3) is 2.65. The molecular weight excluding hydrogens is 264 g/mol. The van der Waals surface area contributed by atoms with Gasteiger partial charge < -0.3 is 5.32 Å². The largest absolute Gasteiger partial charge is 0.340 e. The van der Waals surface area contributed by atoms with E-state index < -0.39 is 5.54 Å². The summed E-state index contributed by atoms with van der Waals surface area (Å²) >= 11 is 0. The number of hydrogen-bond acceptors (Lipinski definition) is 3. The number of carbonyl (C=O) groups excluding carboxylic acids is 1. The van der Waals surface area contributed by atoms with Crippen molar-refractivity contribution < 1.29 is 4.79 Å². The number of aliphatic imine (C=N–C) groups is 1. The monoisotopic (exact) mass is 286 g/mol. The first-order chi connectivity index (χ1) is 10.1. The van der Waals surface area contributed by atoms with E-state index in [0.717, 1.165) is 19.5 Å². The highest BCUT2D eigenvalue weighted by Crippen LogP contribution is 2.30. The van der Waals surface area contributed by atoms with Gasteiger partial charge in [-0.2, -0.15) is 0 Å². The maximum absolute atomic E-state index is 12.3. The summed E-state index contributed by atoms with van der Waals surface area (Å²) in [6.07, 6.45) is 0.814. The zero-order chi connectivity index (χ0) is 14.9. The number of amides is 1. The summed E-state index contributed by atoms with van der Waals surface area (Å²) in [6, 6.07) is 10.8. The van der Waals surface area contributed by atoms with Crippen molar-refractivity contribution in [2.75, 3.05) is 13.1 Å². The van der Waals surface area contributed by atoms with E-state index in [1.807, 2.05) is 13.0 Å². The molecule has 2 heterocycles. The van der Waals surface area contributed by atoms with E-state index >= 15 is 0 Å². The smallest absolute Gasteiger partial charge is 0.253 e. The van der Waals surface area contributed by atoms with Gasteiger partial charge in [0, 0.05) is 25.7 Å². The minimum Gasteiger partial charge on any atom is -0.340 e. The van der Waals surface area contributed by atoms with E-state index in [2.05, 4.69) is 51.7 Å². The highest BCUT2D eigenvalue weighted by atomic mass is 16.2. The summed E-state index contributed by atoms with van der Waals surface area (Å²) in [6.45, 7) is 6.41. The van der Waals surface area contributed by atoms with Crippen LogP contribution in [0.3, 0.4) is 0 Å². The summed E-state index contributed by atoms with van der Waals surface area (Å²) < 4.78 is 0. The molecule has 0 radical (unpaired) electrons. The zero-order valence-corrected chi connectivity index (χ0v) is 12.6. The molecule has 5 nitrogen and oxygen atoms in total. The van der Waals surface area contributed by atoms with Crippen LogP contribution in [-0.4, -0.2) is 41.4 Å². The molecule has 0 saturated carbocycles. The van der Waals surface area contributed by atoms with Crippen molar-refractivity contribution in [1.82, 2.24) is 15.5 Å². The summed E-state index contributed by atoms with van der Waals surface area (Å²) in [4.78, 5) is 19.0. The summed E-state index contributed by atoms with van der Waals surface area (Å²) in [5.74, 6) is 0.674. The molecule has 0 bridgehead atoms. The number of likely N-dealkylation sites (tertiary alicyclic amines) is 1. The predicted octanol–water partition coefficient (Wildman–Crippen LogP) is 1.11. The van der Waals surface area contributed by atoms with Crippen molar-refractivity contribution in [3.8, 4) is 0 Å². The highest BCUT2D eigenvalue weighted by Gasteiger charge is 2.52. The summed E-state index contributed by atoms with van der Waals surface area (Å²) in [5.41, 5.74) is 0.768. The first-order valence-electron chi connectivity index (χ1n) is 7.55. The standard InChI is InChI=1S/C16H22N4O/c1-3-17-15-18-14(21)16(19-15)9-12(2)20(11-16)10-13-7-5-4-6-8-13/h4-8,12H,3,9-11H2,1-2H3,(H2,17,18,19,21). The number of nitrogens with zero attached hydrogens (tertiary/aromatic N) is 2. The molecule has 2 N–H and O–H groups in total. The number of benzene rings is 1. The second kappa shape index (κ2) is 5.48. The van der Waals surface area contributed by atoms with E-state index in [1.54, 1.807) is 0 Å². The van der Waals surface area contributed by atoms with Crippen LogP contribution in [-0.2, 0) is 11.3 Å². The molecule has 2 unspecified atom stereocenters. The van der Waals surface area contributed by atoms with Crippen molar-refractivity contribution in [1.29, 1.82) is 0 Å². The van der Waals surface area contributed by atoms with Crippen LogP contribution in [0.2, 0.25) is 0 Å². The lowest BCUT2D eigenvalue weighted by atomic mass is 9.97. The normalized spacial score (nSPS) is 30.9. The molecule has 2 aliphatic heterocycles. The Morgan fingerprint density at radius 3 is 2.86 bits per heavy atom. The topological polar surface area (TPSA) is 56.7 Å². The average Bonchev–Trinajstić information content (AvgIpc) is 2.92. The van der Waals surface area contributed by atoms with Crippen molar-refractivity contribution in [2.24, 2.45) is 4.99 Å². The molecule has 112 valence electrons. The molecule has 2 saturated heterocycles. The Morgan fingerprint density at radius 1 is 1.38 bits per heavy atom. The van der Waals surface area contributed by atoms with Crippen LogP contribution in [0.25, 0.3) is 0 Å². The van der Waals surface area contributed by atoms with Gasteiger partial charge in [-0.25, -0.2) is 0 Å². The Kier molecular flexibility index (Phi) is 3.68. The number of hydrogen-bond donors (Lipinski definition) is 2. The van der Waals surface area contributed by atoms with Crippen LogP contribution in [0.1, 0.15) is 25.8 Å². The molecule has 5 heteroatoms. The Labute approximate surface area is 125 Å².